The lowest BCUT2D eigenvalue weighted by Crippen LogP contribution is -2.27. The maximum absolute atomic E-state index is 12.2. The van der Waals surface area contributed by atoms with E-state index < -0.39 is 16.1 Å². The van der Waals surface area contributed by atoms with Crippen molar-refractivity contribution >= 4 is 16.1 Å². The van der Waals surface area contributed by atoms with Gasteiger partial charge in [-0.2, -0.15) is 0 Å². The fourth-order valence-electron chi connectivity index (χ4n) is 2.14. The fourth-order valence-corrected chi connectivity index (χ4v) is 3.15. The minimum atomic E-state index is -3.60. The molecule has 1 atom stereocenters. The van der Waals surface area contributed by atoms with Crippen molar-refractivity contribution in [1.82, 2.24) is 19.5 Å². The van der Waals surface area contributed by atoms with Crippen LogP contribution in [0.3, 0.4) is 0 Å². The lowest BCUT2D eigenvalue weighted by Gasteiger charge is -2.13. The van der Waals surface area contributed by atoms with Gasteiger partial charge in [-0.1, -0.05) is 35.4 Å². The Kier molecular flexibility index (Phi) is 5.51. The standard InChI is InChI=1S/C15H20N4O3S/c1-4-19-14(16-17-15(19)22-3)12(2)18-23(20,21)11-10-13-8-6-5-7-9-13/h5-12,18H,4H2,1-3H3/b11-10+/t12-/m1/s1. The number of rotatable bonds is 7. The summed E-state index contributed by atoms with van der Waals surface area (Å²) in [6.45, 7) is 4.20. The summed E-state index contributed by atoms with van der Waals surface area (Å²) >= 11 is 0. The molecule has 0 aliphatic heterocycles. The first-order chi connectivity index (χ1) is 11.0. The smallest absolute Gasteiger partial charge is 0.316 e. The van der Waals surface area contributed by atoms with Gasteiger partial charge in [-0.3, -0.25) is 4.57 Å². The molecule has 124 valence electrons. The van der Waals surface area contributed by atoms with E-state index in [1.807, 2.05) is 37.3 Å². The molecular formula is C15H20N4O3S. The van der Waals surface area contributed by atoms with E-state index in [9.17, 15) is 8.42 Å². The van der Waals surface area contributed by atoms with Gasteiger partial charge in [0.1, 0.15) is 0 Å². The third-order valence-electron chi connectivity index (χ3n) is 3.21. The van der Waals surface area contributed by atoms with Gasteiger partial charge in [-0.05, 0) is 25.5 Å². The van der Waals surface area contributed by atoms with Crippen molar-refractivity contribution in [3.63, 3.8) is 0 Å². The van der Waals surface area contributed by atoms with E-state index in [0.29, 0.717) is 18.4 Å². The molecular weight excluding hydrogens is 316 g/mol. The van der Waals surface area contributed by atoms with E-state index >= 15 is 0 Å². The Morgan fingerprint density at radius 1 is 1.30 bits per heavy atom. The molecule has 0 fully saturated rings. The zero-order valence-electron chi connectivity index (χ0n) is 13.3. The predicted molar refractivity (Wildman–Crippen MR) is 88.2 cm³/mol. The SMILES string of the molecule is CCn1c(OC)nnc1[C@@H](C)NS(=O)(=O)/C=C/c1ccccc1. The third kappa shape index (κ3) is 4.40. The predicted octanol–water partition coefficient (Wildman–Crippen LogP) is 1.96. The molecule has 0 aliphatic rings. The van der Waals surface area contributed by atoms with E-state index in [1.165, 1.54) is 7.11 Å². The highest BCUT2D eigenvalue weighted by atomic mass is 32.2. The second-order valence-electron chi connectivity index (χ2n) is 4.89. The van der Waals surface area contributed by atoms with E-state index in [1.54, 1.807) is 17.6 Å². The highest BCUT2D eigenvalue weighted by Crippen LogP contribution is 2.17. The van der Waals surface area contributed by atoms with Crippen molar-refractivity contribution < 1.29 is 13.2 Å². The van der Waals surface area contributed by atoms with Gasteiger partial charge in [0.15, 0.2) is 5.82 Å². The first-order valence-electron chi connectivity index (χ1n) is 7.19. The number of aromatic nitrogens is 3. The number of hydrogen-bond donors (Lipinski definition) is 1. The lowest BCUT2D eigenvalue weighted by atomic mass is 10.2. The van der Waals surface area contributed by atoms with Crippen molar-refractivity contribution in [2.24, 2.45) is 0 Å². The topological polar surface area (TPSA) is 86.1 Å². The number of hydrogen-bond acceptors (Lipinski definition) is 5. The van der Waals surface area contributed by atoms with Crippen LogP contribution in [0.25, 0.3) is 6.08 Å². The molecule has 0 saturated heterocycles. The Morgan fingerprint density at radius 2 is 2.00 bits per heavy atom. The van der Waals surface area contributed by atoms with Crippen LogP contribution in [0.4, 0.5) is 0 Å². The number of methoxy groups -OCH3 is 1. The van der Waals surface area contributed by atoms with E-state index in [0.717, 1.165) is 11.0 Å². The first kappa shape index (κ1) is 17.2. The second kappa shape index (κ2) is 7.38. The monoisotopic (exact) mass is 336 g/mol. The summed E-state index contributed by atoms with van der Waals surface area (Å²) in [6, 6.07) is 9.04. The number of sulfonamides is 1. The van der Waals surface area contributed by atoms with E-state index in [4.69, 9.17) is 4.74 Å². The third-order valence-corrected chi connectivity index (χ3v) is 4.39. The molecule has 23 heavy (non-hydrogen) atoms. The molecule has 1 N–H and O–H groups in total. The molecule has 0 bridgehead atoms. The number of ether oxygens (including phenoxy) is 1. The van der Waals surface area contributed by atoms with Crippen LogP contribution < -0.4 is 9.46 Å². The molecule has 8 heteroatoms. The van der Waals surface area contributed by atoms with Gasteiger partial charge in [0, 0.05) is 12.0 Å². The molecule has 1 aromatic carbocycles. The molecule has 2 rings (SSSR count). The zero-order valence-corrected chi connectivity index (χ0v) is 14.1. The van der Waals surface area contributed by atoms with Gasteiger partial charge in [-0.25, -0.2) is 13.1 Å². The summed E-state index contributed by atoms with van der Waals surface area (Å²) < 4.78 is 33.7. The maximum atomic E-state index is 12.2. The Morgan fingerprint density at radius 3 is 2.61 bits per heavy atom. The average molecular weight is 336 g/mol. The largest absolute Gasteiger partial charge is 0.467 e. The molecule has 0 saturated carbocycles. The molecule has 0 unspecified atom stereocenters. The minimum Gasteiger partial charge on any atom is -0.467 e. The summed E-state index contributed by atoms with van der Waals surface area (Å²) in [6.07, 6.45) is 1.54. The Bertz CT molecular complexity index is 769. The molecule has 1 aromatic heterocycles. The average Bonchev–Trinajstić information content (AvgIpc) is 2.96. The lowest BCUT2D eigenvalue weighted by molar-refractivity contribution is 0.354. The molecule has 1 heterocycles. The Labute approximate surface area is 136 Å². The zero-order chi connectivity index (χ0) is 16.9. The van der Waals surface area contributed by atoms with Gasteiger partial charge in [0.05, 0.1) is 13.2 Å². The highest BCUT2D eigenvalue weighted by Gasteiger charge is 2.20. The van der Waals surface area contributed by atoms with Crippen molar-refractivity contribution in [2.75, 3.05) is 7.11 Å². The van der Waals surface area contributed by atoms with Crippen LogP contribution in [0, 0.1) is 0 Å². The number of benzene rings is 1. The summed E-state index contributed by atoms with van der Waals surface area (Å²) in [5, 5.41) is 9.03. The van der Waals surface area contributed by atoms with Gasteiger partial charge in [0.2, 0.25) is 10.0 Å². The quantitative estimate of drug-likeness (QED) is 0.835. The van der Waals surface area contributed by atoms with Gasteiger partial charge in [-0.15, -0.1) is 5.10 Å². The number of nitrogens with zero attached hydrogens (tertiary/aromatic N) is 3. The van der Waals surface area contributed by atoms with Gasteiger partial charge in [0.25, 0.3) is 0 Å². The fraction of sp³-hybridized carbons (Fsp3) is 0.333. The molecule has 0 radical (unpaired) electrons. The van der Waals surface area contributed by atoms with Crippen LogP contribution in [0.15, 0.2) is 35.7 Å². The Balaban J connectivity index is 2.14. The van der Waals surface area contributed by atoms with Crippen molar-refractivity contribution in [3.8, 4) is 6.01 Å². The molecule has 0 aliphatic carbocycles. The van der Waals surface area contributed by atoms with Crippen LogP contribution in [0.5, 0.6) is 6.01 Å². The molecule has 0 amide bonds. The number of nitrogens with one attached hydrogen (secondary N) is 1. The first-order valence-corrected chi connectivity index (χ1v) is 8.74. The van der Waals surface area contributed by atoms with Gasteiger partial charge >= 0.3 is 6.01 Å². The second-order valence-corrected chi connectivity index (χ2v) is 6.49. The minimum absolute atomic E-state index is 0.355. The summed E-state index contributed by atoms with van der Waals surface area (Å²) in [5.74, 6) is 0.501. The molecule has 7 nitrogen and oxygen atoms in total. The normalized spacial score (nSPS) is 13.3. The molecule has 0 spiro atoms. The van der Waals surface area contributed by atoms with Gasteiger partial charge < -0.3 is 4.74 Å². The van der Waals surface area contributed by atoms with Crippen LogP contribution in [-0.4, -0.2) is 30.3 Å². The summed E-state index contributed by atoms with van der Waals surface area (Å²) in [5.41, 5.74) is 0.809. The van der Waals surface area contributed by atoms with E-state index in [2.05, 4.69) is 14.9 Å². The highest BCUT2D eigenvalue weighted by molar-refractivity contribution is 7.92. The van der Waals surface area contributed by atoms with Crippen LogP contribution in [0.2, 0.25) is 0 Å². The Hall–Kier alpha value is -2.19. The van der Waals surface area contributed by atoms with Crippen molar-refractivity contribution in [1.29, 1.82) is 0 Å². The van der Waals surface area contributed by atoms with Crippen LogP contribution >= 0.6 is 0 Å². The van der Waals surface area contributed by atoms with Crippen molar-refractivity contribution in [2.45, 2.75) is 26.4 Å². The van der Waals surface area contributed by atoms with Crippen molar-refractivity contribution in [3.05, 3.63) is 47.1 Å². The molecule has 2 aromatic rings. The maximum Gasteiger partial charge on any atom is 0.316 e. The van der Waals surface area contributed by atoms with Crippen LogP contribution in [-0.2, 0) is 16.6 Å². The van der Waals surface area contributed by atoms with E-state index in [-0.39, 0.29) is 0 Å². The van der Waals surface area contributed by atoms with Crippen LogP contribution in [0.1, 0.15) is 31.3 Å². The summed E-state index contributed by atoms with van der Waals surface area (Å²) in [7, 11) is -2.10. The summed E-state index contributed by atoms with van der Waals surface area (Å²) in [4.78, 5) is 0.